The van der Waals surface area contributed by atoms with E-state index in [4.69, 9.17) is 4.74 Å². The van der Waals surface area contributed by atoms with Gasteiger partial charge in [0.1, 0.15) is 0 Å². The number of carbonyl (C=O) groups excluding carboxylic acids is 1. The van der Waals surface area contributed by atoms with Gasteiger partial charge in [-0.25, -0.2) is 0 Å². The van der Waals surface area contributed by atoms with E-state index in [2.05, 4.69) is 20.5 Å². The number of ether oxygens (including phenoxy) is 1. The molecule has 1 saturated heterocycles. The summed E-state index contributed by atoms with van der Waals surface area (Å²) in [4.78, 5) is 16.0. The lowest BCUT2D eigenvalue weighted by Gasteiger charge is -2.10. The summed E-state index contributed by atoms with van der Waals surface area (Å²) in [6.45, 7) is 1.38. The standard InChI is InChI=1S/C15H19N5O2S/c1-20-14(11-4-2-6-16-8-11)18-19-15(20)23-10-13(21)17-9-12-5-3-7-22-12/h2,4,6,8,12H,3,5,7,9-10H2,1H3,(H,17,21). The van der Waals surface area contributed by atoms with Crippen molar-refractivity contribution in [3.63, 3.8) is 0 Å². The first-order valence-electron chi connectivity index (χ1n) is 7.55. The second-order valence-corrected chi connectivity index (χ2v) is 6.28. The maximum atomic E-state index is 11.9. The highest BCUT2D eigenvalue weighted by molar-refractivity contribution is 7.99. The van der Waals surface area contributed by atoms with Crippen LogP contribution < -0.4 is 5.32 Å². The van der Waals surface area contributed by atoms with Crippen molar-refractivity contribution in [3.8, 4) is 11.4 Å². The summed E-state index contributed by atoms with van der Waals surface area (Å²) in [5.41, 5.74) is 0.900. The minimum atomic E-state index is -0.0172. The molecule has 1 N–H and O–H groups in total. The number of nitrogens with one attached hydrogen (secondary N) is 1. The van der Waals surface area contributed by atoms with Gasteiger partial charge < -0.3 is 14.6 Å². The maximum absolute atomic E-state index is 11.9. The molecule has 7 nitrogen and oxygen atoms in total. The zero-order chi connectivity index (χ0) is 16.1. The van der Waals surface area contributed by atoms with Crippen LogP contribution in [0.1, 0.15) is 12.8 Å². The molecule has 3 rings (SSSR count). The normalized spacial score (nSPS) is 17.3. The Morgan fingerprint density at radius 1 is 1.52 bits per heavy atom. The highest BCUT2D eigenvalue weighted by Gasteiger charge is 2.17. The minimum Gasteiger partial charge on any atom is -0.376 e. The van der Waals surface area contributed by atoms with Crippen LogP contribution in [0.2, 0.25) is 0 Å². The molecule has 122 valence electrons. The predicted molar refractivity (Wildman–Crippen MR) is 86.9 cm³/mol. The molecule has 2 aromatic heterocycles. The number of nitrogens with zero attached hydrogens (tertiary/aromatic N) is 4. The Kier molecular flexibility index (Phi) is 5.24. The van der Waals surface area contributed by atoms with Crippen LogP contribution in [0.4, 0.5) is 0 Å². The molecule has 23 heavy (non-hydrogen) atoms. The lowest BCUT2D eigenvalue weighted by atomic mass is 10.2. The topological polar surface area (TPSA) is 81.9 Å². The SMILES string of the molecule is Cn1c(SCC(=O)NCC2CCCO2)nnc1-c1cccnc1. The monoisotopic (exact) mass is 333 g/mol. The smallest absolute Gasteiger partial charge is 0.230 e. The number of carbonyl (C=O) groups is 1. The molecular formula is C15H19N5O2S. The third-order valence-electron chi connectivity index (χ3n) is 3.64. The number of rotatable bonds is 6. The number of hydrogen-bond acceptors (Lipinski definition) is 6. The van der Waals surface area contributed by atoms with Crippen molar-refractivity contribution >= 4 is 17.7 Å². The molecule has 3 heterocycles. The van der Waals surface area contributed by atoms with Crippen LogP contribution >= 0.6 is 11.8 Å². The Balaban J connectivity index is 1.52. The lowest BCUT2D eigenvalue weighted by Crippen LogP contribution is -2.32. The number of amides is 1. The van der Waals surface area contributed by atoms with Gasteiger partial charge in [-0.2, -0.15) is 0 Å². The molecule has 1 aliphatic heterocycles. The molecule has 1 aliphatic rings. The van der Waals surface area contributed by atoms with Gasteiger partial charge in [0.25, 0.3) is 0 Å². The Morgan fingerprint density at radius 3 is 3.17 bits per heavy atom. The van der Waals surface area contributed by atoms with Crippen molar-refractivity contribution < 1.29 is 9.53 Å². The van der Waals surface area contributed by atoms with Crippen LogP contribution in [0, 0.1) is 0 Å². The van der Waals surface area contributed by atoms with Crippen LogP contribution in [0.3, 0.4) is 0 Å². The Morgan fingerprint density at radius 2 is 2.43 bits per heavy atom. The van der Waals surface area contributed by atoms with E-state index in [0.717, 1.165) is 30.8 Å². The molecule has 0 saturated carbocycles. The van der Waals surface area contributed by atoms with Crippen molar-refractivity contribution in [2.24, 2.45) is 7.05 Å². The molecular weight excluding hydrogens is 314 g/mol. The molecule has 0 spiro atoms. The van der Waals surface area contributed by atoms with Crippen LogP contribution in [0.25, 0.3) is 11.4 Å². The zero-order valence-corrected chi connectivity index (χ0v) is 13.8. The second-order valence-electron chi connectivity index (χ2n) is 5.33. The summed E-state index contributed by atoms with van der Waals surface area (Å²) in [7, 11) is 1.88. The molecule has 0 radical (unpaired) electrons. The van der Waals surface area contributed by atoms with E-state index >= 15 is 0 Å². The van der Waals surface area contributed by atoms with Gasteiger partial charge in [-0.1, -0.05) is 11.8 Å². The van der Waals surface area contributed by atoms with Gasteiger partial charge in [-0.05, 0) is 25.0 Å². The first kappa shape index (κ1) is 15.9. The fraction of sp³-hybridized carbons (Fsp3) is 0.467. The predicted octanol–water partition coefficient (Wildman–Crippen LogP) is 1.26. The molecule has 0 bridgehead atoms. The molecule has 8 heteroatoms. The molecule has 1 amide bonds. The highest BCUT2D eigenvalue weighted by Crippen LogP contribution is 2.21. The van der Waals surface area contributed by atoms with E-state index in [1.807, 2.05) is 23.7 Å². The maximum Gasteiger partial charge on any atom is 0.230 e. The van der Waals surface area contributed by atoms with Crippen LogP contribution in [-0.4, -0.2) is 50.7 Å². The van der Waals surface area contributed by atoms with E-state index in [1.165, 1.54) is 11.8 Å². The van der Waals surface area contributed by atoms with Crippen molar-refractivity contribution in [3.05, 3.63) is 24.5 Å². The van der Waals surface area contributed by atoms with Gasteiger partial charge in [0.2, 0.25) is 5.91 Å². The lowest BCUT2D eigenvalue weighted by molar-refractivity contribution is -0.119. The first-order chi connectivity index (χ1) is 11.2. The average Bonchev–Trinajstić information content (AvgIpc) is 3.22. The largest absolute Gasteiger partial charge is 0.376 e. The summed E-state index contributed by atoms with van der Waals surface area (Å²) in [6.07, 6.45) is 5.72. The van der Waals surface area contributed by atoms with Crippen molar-refractivity contribution in [2.45, 2.75) is 24.1 Å². The van der Waals surface area contributed by atoms with Gasteiger partial charge >= 0.3 is 0 Å². The summed E-state index contributed by atoms with van der Waals surface area (Å²) in [6, 6.07) is 3.79. The summed E-state index contributed by atoms with van der Waals surface area (Å²) in [5, 5.41) is 11.9. The van der Waals surface area contributed by atoms with Gasteiger partial charge in [0, 0.05) is 38.2 Å². The van der Waals surface area contributed by atoms with E-state index in [1.54, 1.807) is 12.4 Å². The third-order valence-corrected chi connectivity index (χ3v) is 4.66. The highest BCUT2D eigenvalue weighted by atomic mass is 32.2. The van der Waals surface area contributed by atoms with Crippen molar-refractivity contribution in [2.75, 3.05) is 18.9 Å². The molecule has 0 aliphatic carbocycles. The number of aromatic nitrogens is 4. The van der Waals surface area contributed by atoms with Gasteiger partial charge in [-0.3, -0.25) is 9.78 Å². The molecule has 0 aromatic carbocycles. The number of hydrogen-bond donors (Lipinski definition) is 1. The summed E-state index contributed by atoms with van der Waals surface area (Å²) >= 11 is 1.37. The van der Waals surface area contributed by atoms with Gasteiger partial charge in [0.15, 0.2) is 11.0 Å². The Labute approximate surface area is 138 Å². The van der Waals surface area contributed by atoms with Crippen LogP contribution in [0.5, 0.6) is 0 Å². The van der Waals surface area contributed by atoms with Crippen LogP contribution in [0.15, 0.2) is 29.7 Å². The fourth-order valence-electron chi connectivity index (χ4n) is 2.40. The van der Waals surface area contributed by atoms with E-state index in [9.17, 15) is 4.79 Å². The quantitative estimate of drug-likeness (QED) is 0.802. The Bertz CT molecular complexity index is 655. The van der Waals surface area contributed by atoms with Crippen molar-refractivity contribution in [1.82, 2.24) is 25.1 Å². The van der Waals surface area contributed by atoms with Gasteiger partial charge in [0.05, 0.1) is 11.9 Å². The first-order valence-corrected chi connectivity index (χ1v) is 8.53. The molecule has 2 aromatic rings. The molecule has 1 unspecified atom stereocenters. The van der Waals surface area contributed by atoms with Gasteiger partial charge in [-0.15, -0.1) is 10.2 Å². The third kappa shape index (κ3) is 4.08. The van der Waals surface area contributed by atoms with E-state index < -0.39 is 0 Å². The number of pyridine rings is 1. The minimum absolute atomic E-state index is 0.0172. The average molecular weight is 333 g/mol. The van der Waals surface area contributed by atoms with E-state index in [0.29, 0.717) is 17.5 Å². The summed E-state index contributed by atoms with van der Waals surface area (Å²) < 4.78 is 7.35. The van der Waals surface area contributed by atoms with Crippen LogP contribution in [-0.2, 0) is 16.6 Å². The fourth-order valence-corrected chi connectivity index (χ4v) is 3.14. The van der Waals surface area contributed by atoms with Crippen molar-refractivity contribution in [1.29, 1.82) is 0 Å². The van der Waals surface area contributed by atoms with E-state index in [-0.39, 0.29) is 12.0 Å². The second kappa shape index (κ2) is 7.56. The summed E-state index contributed by atoms with van der Waals surface area (Å²) in [5.74, 6) is 1.03. The Hall–Kier alpha value is -1.93. The molecule has 1 fully saturated rings. The number of thioether (sulfide) groups is 1. The molecule has 1 atom stereocenters. The zero-order valence-electron chi connectivity index (χ0n) is 12.9.